The highest BCUT2D eigenvalue weighted by Gasteiger charge is 2.51. The van der Waals surface area contributed by atoms with Crippen LogP contribution in [0.5, 0.6) is 0 Å². The quantitative estimate of drug-likeness (QED) is 0.296. The molecule has 3 fully saturated rings. The third-order valence-corrected chi connectivity index (χ3v) is 14.7. The Balaban J connectivity index is 1.53. The predicted molar refractivity (Wildman–Crippen MR) is 138 cm³/mol. The van der Waals surface area contributed by atoms with Gasteiger partial charge in [-0.3, -0.25) is 13.7 Å². The largest absolute Gasteiger partial charge is 0.379 e. The lowest BCUT2D eigenvalue weighted by molar-refractivity contribution is 0.0151. The van der Waals surface area contributed by atoms with E-state index >= 15 is 0 Å². The number of morpholine rings is 3. The fourth-order valence-corrected chi connectivity index (χ4v) is 12.6. The Bertz CT molecular complexity index is 485. The zero-order chi connectivity index (χ0) is 22.5. The van der Waals surface area contributed by atoms with E-state index in [4.69, 9.17) is 14.2 Å². The maximum absolute atomic E-state index is 5.77. The van der Waals surface area contributed by atoms with Gasteiger partial charge in [-0.1, -0.05) is 50.1 Å². The average molecular weight is 484 g/mol. The molecule has 0 spiro atoms. The summed E-state index contributed by atoms with van der Waals surface area (Å²) in [6, 6.07) is 2.85. The van der Waals surface area contributed by atoms with Gasteiger partial charge in [0.15, 0.2) is 0 Å². The molecule has 3 saturated heterocycles. The molecule has 0 unspecified atom stereocenters. The van der Waals surface area contributed by atoms with Crippen LogP contribution in [0.1, 0.15) is 52.4 Å². The molecule has 0 aromatic carbocycles. The maximum Gasteiger partial charge on any atom is 0.290 e. The van der Waals surface area contributed by atoms with Gasteiger partial charge in [0.2, 0.25) is 0 Å². The molecule has 0 amide bonds. The number of rotatable bonds is 13. The Kier molecular flexibility index (Phi) is 12.5. The number of hydrogen-bond acceptors (Lipinski definition) is 6. The Morgan fingerprint density at radius 3 is 1.50 bits per heavy atom. The van der Waals surface area contributed by atoms with Crippen LogP contribution in [-0.2, 0) is 14.2 Å². The zero-order valence-corrected chi connectivity index (χ0v) is 23.4. The molecule has 32 heavy (non-hydrogen) atoms. The fourth-order valence-electron chi connectivity index (χ4n) is 5.62. The molecule has 3 rings (SSSR count). The maximum atomic E-state index is 5.77. The van der Waals surface area contributed by atoms with Gasteiger partial charge in [0, 0.05) is 48.8 Å². The number of hydrogen-bond donors (Lipinski definition) is 0. The highest BCUT2D eigenvalue weighted by Crippen LogP contribution is 2.30. The number of ether oxygens (including phenoxy) is 3. The van der Waals surface area contributed by atoms with E-state index in [2.05, 4.69) is 33.2 Å². The Hall–Kier alpha value is -0.0662. The van der Waals surface area contributed by atoms with Crippen molar-refractivity contribution in [2.24, 2.45) is 0 Å². The van der Waals surface area contributed by atoms with Crippen molar-refractivity contribution in [3.05, 3.63) is 11.3 Å². The van der Waals surface area contributed by atoms with E-state index in [1.165, 1.54) is 56.2 Å². The minimum Gasteiger partial charge on any atom is -0.379 e. The minimum atomic E-state index is -1.93. The van der Waals surface area contributed by atoms with E-state index in [0.29, 0.717) is 0 Å². The Morgan fingerprint density at radius 1 is 0.656 bits per heavy atom. The third-order valence-electron chi connectivity index (χ3n) is 7.32. The van der Waals surface area contributed by atoms with Crippen LogP contribution in [0, 0.1) is 0 Å². The van der Waals surface area contributed by atoms with Gasteiger partial charge in [0.1, 0.15) is 0 Å². The third kappa shape index (κ3) is 8.01. The summed E-state index contributed by atoms with van der Waals surface area (Å²) in [6.07, 6.45) is 8.46. The fraction of sp³-hybridized carbons (Fsp3) is 0.917. The molecule has 6 nitrogen and oxygen atoms in total. The van der Waals surface area contributed by atoms with Gasteiger partial charge in [-0.05, 0) is 19.9 Å². The molecular weight excluding hydrogens is 434 g/mol. The molecule has 3 aliphatic heterocycles. The molecule has 0 saturated carbocycles. The summed E-state index contributed by atoms with van der Waals surface area (Å²) < 4.78 is 25.9. The van der Waals surface area contributed by atoms with Crippen molar-refractivity contribution in [2.45, 2.75) is 64.5 Å². The summed E-state index contributed by atoms with van der Waals surface area (Å²) in [6.45, 7) is 16.4. The van der Waals surface area contributed by atoms with Crippen molar-refractivity contribution in [3.8, 4) is 0 Å². The first kappa shape index (κ1) is 26.5. The lowest BCUT2D eigenvalue weighted by Crippen LogP contribution is -2.78. The summed E-state index contributed by atoms with van der Waals surface area (Å²) in [4.78, 5) is 0. The molecule has 3 aliphatic rings. The summed E-state index contributed by atoms with van der Waals surface area (Å²) in [5.41, 5.74) is 4.04. The molecule has 8 heteroatoms. The molecule has 186 valence electrons. The second-order valence-corrected chi connectivity index (χ2v) is 15.5. The van der Waals surface area contributed by atoms with Crippen molar-refractivity contribution in [1.82, 2.24) is 13.7 Å². The Labute approximate surface area is 200 Å². The van der Waals surface area contributed by atoms with Crippen LogP contribution in [-0.4, -0.2) is 111 Å². The topological polar surface area (TPSA) is 37.4 Å². The van der Waals surface area contributed by atoms with Gasteiger partial charge in [-0.25, -0.2) is 0 Å². The SMILES string of the molecule is CC(C)=C[SiH2]CCCCCCCC[Si](N1CCOCC1)(N1CCOCC1)N1CCOCC1. The lowest BCUT2D eigenvalue weighted by Gasteiger charge is -2.56. The van der Waals surface area contributed by atoms with Crippen molar-refractivity contribution < 1.29 is 14.2 Å². The summed E-state index contributed by atoms with van der Waals surface area (Å²) in [5.74, 6) is 0. The highest BCUT2D eigenvalue weighted by atomic mass is 28.4. The molecule has 0 radical (unpaired) electrons. The van der Waals surface area contributed by atoms with E-state index in [1.807, 2.05) is 0 Å². The first-order valence-electron chi connectivity index (χ1n) is 13.4. The predicted octanol–water partition coefficient (Wildman–Crippen LogP) is 2.77. The van der Waals surface area contributed by atoms with Crippen LogP contribution in [0.3, 0.4) is 0 Å². The van der Waals surface area contributed by atoms with Crippen molar-refractivity contribution in [1.29, 1.82) is 0 Å². The van der Waals surface area contributed by atoms with E-state index in [9.17, 15) is 0 Å². The molecule has 0 N–H and O–H groups in total. The Morgan fingerprint density at radius 2 is 1.06 bits per heavy atom. The van der Waals surface area contributed by atoms with E-state index in [0.717, 1.165) is 78.9 Å². The van der Waals surface area contributed by atoms with Crippen molar-refractivity contribution in [3.63, 3.8) is 0 Å². The normalized spacial score (nSPS) is 22.6. The molecule has 3 heterocycles. The smallest absolute Gasteiger partial charge is 0.290 e. The van der Waals surface area contributed by atoms with Crippen LogP contribution in [0.25, 0.3) is 0 Å². The second-order valence-electron chi connectivity index (χ2n) is 9.87. The molecular formula is C24H49N3O3Si2. The van der Waals surface area contributed by atoms with Gasteiger partial charge in [0.25, 0.3) is 8.56 Å². The highest BCUT2D eigenvalue weighted by molar-refractivity contribution is 6.71. The molecule has 0 aliphatic carbocycles. The summed E-state index contributed by atoms with van der Waals surface area (Å²) >= 11 is 0. The number of unbranched alkanes of at least 4 members (excludes halogenated alkanes) is 5. The van der Waals surface area contributed by atoms with Gasteiger partial charge in [-0.2, -0.15) is 0 Å². The molecule has 0 aromatic heterocycles. The van der Waals surface area contributed by atoms with E-state index in [1.54, 1.807) is 0 Å². The summed E-state index contributed by atoms with van der Waals surface area (Å²) in [7, 11) is -1.87. The monoisotopic (exact) mass is 483 g/mol. The van der Waals surface area contributed by atoms with Crippen molar-refractivity contribution >= 4 is 18.1 Å². The van der Waals surface area contributed by atoms with Gasteiger partial charge in [-0.15, -0.1) is 5.70 Å². The van der Waals surface area contributed by atoms with Gasteiger partial charge >= 0.3 is 0 Å². The molecule has 0 bridgehead atoms. The number of nitrogens with zero attached hydrogens (tertiary/aromatic N) is 3. The van der Waals surface area contributed by atoms with Gasteiger partial charge < -0.3 is 14.2 Å². The first-order valence-corrected chi connectivity index (χ1v) is 17.2. The van der Waals surface area contributed by atoms with Crippen molar-refractivity contribution in [2.75, 3.05) is 78.9 Å². The van der Waals surface area contributed by atoms with Crippen LogP contribution in [0.15, 0.2) is 11.3 Å². The second kappa shape index (κ2) is 15.0. The summed E-state index contributed by atoms with van der Waals surface area (Å²) in [5, 5.41) is 0. The molecule has 0 aromatic rings. The number of allylic oxidation sites excluding steroid dienone is 1. The average Bonchev–Trinajstić information content (AvgIpc) is 2.84. The van der Waals surface area contributed by atoms with E-state index in [-0.39, 0.29) is 9.52 Å². The minimum absolute atomic E-state index is 0.0628. The van der Waals surface area contributed by atoms with Crippen LogP contribution in [0.2, 0.25) is 12.1 Å². The standard InChI is InChI=1S/C24H49N3O3Si2/c1-24(2)23-31-21-7-5-3-4-6-8-22-32(25-9-15-28-16-10-25,26-11-17-29-18-12-26)27-13-19-30-20-14-27/h23H,3-22,31H2,1-2H3. The zero-order valence-electron chi connectivity index (χ0n) is 21.0. The van der Waals surface area contributed by atoms with Crippen LogP contribution in [0.4, 0.5) is 0 Å². The first-order chi connectivity index (χ1) is 15.7. The van der Waals surface area contributed by atoms with Gasteiger partial charge in [0.05, 0.1) is 39.6 Å². The van der Waals surface area contributed by atoms with E-state index < -0.39 is 8.56 Å². The van der Waals surface area contributed by atoms with Crippen LogP contribution >= 0.6 is 0 Å². The molecule has 0 atom stereocenters. The van der Waals surface area contributed by atoms with Crippen LogP contribution < -0.4 is 0 Å². The lowest BCUT2D eigenvalue weighted by atomic mass is 10.1.